The number of unbranched alkanes of at least 4 members (excludes halogenated alkanes) is 23. The molecule has 4 N–H and O–H groups in total. The summed E-state index contributed by atoms with van der Waals surface area (Å²) in [4.78, 5) is 0. The Balaban J connectivity index is 1.40. The van der Waals surface area contributed by atoms with E-state index in [0.717, 1.165) is 24.2 Å². The highest BCUT2D eigenvalue weighted by atomic mass is 14.5. The number of hydrogen-bond acceptors (Lipinski definition) is 2. The first-order chi connectivity index (χ1) is 31.0. The van der Waals surface area contributed by atoms with Gasteiger partial charge in [0.25, 0.3) is 0 Å². The number of nitrogen functional groups attached to an aromatic ring is 2. The van der Waals surface area contributed by atoms with Crippen LogP contribution in [-0.4, -0.2) is 0 Å². The second-order valence-corrected chi connectivity index (χ2v) is 19.7. The van der Waals surface area contributed by atoms with Crippen LogP contribution in [-0.2, 0) is 12.8 Å². The molecule has 0 saturated carbocycles. The van der Waals surface area contributed by atoms with E-state index >= 15 is 0 Å². The van der Waals surface area contributed by atoms with Crippen LogP contribution in [0.25, 0.3) is 0 Å². The number of nitrogens with two attached hydrogens (primary N) is 2. The van der Waals surface area contributed by atoms with Gasteiger partial charge in [-0.25, -0.2) is 0 Å². The predicted molar refractivity (Wildman–Crippen MR) is 280 cm³/mol. The lowest BCUT2D eigenvalue weighted by molar-refractivity contribution is 0.444. The van der Waals surface area contributed by atoms with Crippen molar-refractivity contribution in [2.45, 2.75) is 232 Å². The molecule has 0 bridgehead atoms. The van der Waals surface area contributed by atoms with Gasteiger partial charge in [0.05, 0.1) is 0 Å². The van der Waals surface area contributed by atoms with Gasteiger partial charge in [0.1, 0.15) is 0 Å². The standard InChI is InChI=1S/C61H94N2/c1-4-7-10-13-16-19-22-25-28-31-60(56-41-45-58(62)46-42-56)54-37-33-51(34-38-54)49-53(30-27-24-21-18-15-12-9-6-3)50-52-35-39-55(40-36-52)61(57-43-47-59(63)48-44-57)32-29-26-23-20-17-14-11-8-5-2/h33-48,53,60-61H,4-32,49-50,62-63H2,1-3H3. The molecule has 0 amide bonds. The summed E-state index contributed by atoms with van der Waals surface area (Å²) in [6.45, 7) is 6.92. The van der Waals surface area contributed by atoms with Crippen molar-refractivity contribution < 1.29 is 0 Å². The Morgan fingerprint density at radius 3 is 0.810 bits per heavy atom. The molecule has 0 aliphatic rings. The van der Waals surface area contributed by atoms with E-state index in [1.54, 1.807) is 0 Å². The summed E-state index contributed by atoms with van der Waals surface area (Å²) in [5.74, 6) is 1.49. The van der Waals surface area contributed by atoms with E-state index in [1.807, 2.05) is 0 Å². The predicted octanol–water partition coefficient (Wildman–Crippen LogP) is 18.9. The number of rotatable bonds is 37. The van der Waals surface area contributed by atoms with Gasteiger partial charge in [0.15, 0.2) is 0 Å². The minimum absolute atomic E-state index is 0.424. The second-order valence-electron chi connectivity index (χ2n) is 19.7. The Morgan fingerprint density at radius 2 is 0.524 bits per heavy atom. The molecule has 4 aromatic rings. The molecule has 0 radical (unpaired) electrons. The van der Waals surface area contributed by atoms with Crippen molar-refractivity contribution >= 4 is 11.4 Å². The number of benzene rings is 4. The van der Waals surface area contributed by atoms with Gasteiger partial charge in [-0.1, -0.05) is 261 Å². The summed E-state index contributed by atoms with van der Waals surface area (Å²) < 4.78 is 0. The highest BCUT2D eigenvalue weighted by Gasteiger charge is 2.18. The molecule has 0 aliphatic carbocycles. The van der Waals surface area contributed by atoms with E-state index in [-0.39, 0.29) is 0 Å². The second kappa shape index (κ2) is 33.0. The van der Waals surface area contributed by atoms with Crippen molar-refractivity contribution in [1.82, 2.24) is 0 Å². The topological polar surface area (TPSA) is 52.0 Å². The van der Waals surface area contributed by atoms with Gasteiger partial charge < -0.3 is 11.5 Å². The Morgan fingerprint density at radius 1 is 0.286 bits per heavy atom. The summed E-state index contributed by atoms with van der Waals surface area (Å²) in [6.07, 6.45) is 41.6. The largest absolute Gasteiger partial charge is 0.399 e. The Labute approximate surface area is 389 Å². The third-order valence-electron chi connectivity index (χ3n) is 14.1. The first-order valence-electron chi connectivity index (χ1n) is 26.9. The lowest BCUT2D eigenvalue weighted by Gasteiger charge is -2.21. The lowest BCUT2D eigenvalue weighted by atomic mass is 9.83. The normalized spacial score (nSPS) is 13.0. The van der Waals surface area contributed by atoms with Crippen LogP contribution in [0.15, 0.2) is 97.1 Å². The van der Waals surface area contributed by atoms with E-state index in [1.165, 1.54) is 220 Å². The van der Waals surface area contributed by atoms with Crippen LogP contribution in [0.4, 0.5) is 11.4 Å². The molecule has 4 aromatic carbocycles. The van der Waals surface area contributed by atoms with Crippen molar-refractivity contribution in [2.24, 2.45) is 5.92 Å². The zero-order valence-corrected chi connectivity index (χ0v) is 41.0. The number of hydrogen-bond donors (Lipinski definition) is 2. The monoisotopic (exact) mass is 855 g/mol. The third-order valence-corrected chi connectivity index (χ3v) is 14.1. The van der Waals surface area contributed by atoms with Crippen LogP contribution in [0, 0.1) is 5.92 Å². The van der Waals surface area contributed by atoms with E-state index in [2.05, 4.69) is 118 Å². The molecule has 348 valence electrons. The Hall–Kier alpha value is -3.52. The Kier molecular flexibility index (Phi) is 27.3. The first kappa shape index (κ1) is 52.1. The van der Waals surface area contributed by atoms with Crippen molar-refractivity contribution in [1.29, 1.82) is 0 Å². The summed E-state index contributed by atoms with van der Waals surface area (Å²) >= 11 is 0. The fourth-order valence-corrected chi connectivity index (χ4v) is 10.1. The highest BCUT2D eigenvalue weighted by Crippen LogP contribution is 2.34. The van der Waals surface area contributed by atoms with Gasteiger partial charge >= 0.3 is 0 Å². The molecular weight excluding hydrogens is 761 g/mol. The van der Waals surface area contributed by atoms with E-state index in [4.69, 9.17) is 11.5 Å². The van der Waals surface area contributed by atoms with E-state index in [0.29, 0.717) is 17.8 Å². The SMILES string of the molecule is CCCCCCCCCCCC(c1ccc(N)cc1)c1ccc(CC(CCCCCCCCCC)Cc2ccc(C(CCCCCCCCCCC)c3ccc(N)cc3)cc2)cc1. The summed E-state index contributed by atoms with van der Waals surface area (Å²) in [6, 6.07) is 37.1. The zero-order valence-electron chi connectivity index (χ0n) is 41.0. The van der Waals surface area contributed by atoms with Gasteiger partial charge in [-0.05, 0) is 95.7 Å². The van der Waals surface area contributed by atoms with Crippen LogP contribution in [0.5, 0.6) is 0 Å². The lowest BCUT2D eigenvalue weighted by Crippen LogP contribution is -2.10. The van der Waals surface area contributed by atoms with Gasteiger partial charge in [0, 0.05) is 23.2 Å². The highest BCUT2D eigenvalue weighted by molar-refractivity contribution is 5.44. The maximum atomic E-state index is 6.15. The van der Waals surface area contributed by atoms with E-state index in [9.17, 15) is 0 Å². The summed E-state index contributed by atoms with van der Waals surface area (Å²) in [7, 11) is 0. The molecule has 0 fully saturated rings. The van der Waals surface area contributed by atoms with Crippen LogP contribution >= 0.6 is 0 Å². The van der Waals surface area contributed by atoms with Crippen molar-refractivity contribution in [3.63, 3.8) is 0 Å². The fourth-order valence-electron chi connectivity index (χ4n) is 10.1. The summed E-state index contributed by atoms with van der Waals surface area (Å²) in [5.41, 5.74) is 22.7. The van der Waals surface area contributed by atoms with E-state index < -0.39 is 0 Å². The minimum Gasteiger partial charge on any atom is -0.399 e. The van der Waals surface area contributed by atoms with Crippen molar-refractivity contribution in [3.05, 3.63) is 130 Å². The van der Waals surface area contributed by atoms with Gasteiger partial charge in [-0.2, -0.15) is 0 Å². The van der Waals surface area contributed by atoms with Crippen molar-refractivity contribution in [3.8, 4) is 0 Å². The molecule has 2 heteroatoms. The average molecular weight is 855 g/mol. The first-order valence-corrected chi connectivity index (χ1v) is 26.9. The molecule has 63 heavy (non-hydrogen) atoms. The number of anilines is 2. The molecule has 2 atom stereocenters. The molecule has 2 unspecified atom stereocenters. The van der Waals surface area contributed by atoms with Crippen molar-refractivity contribution in [2.75, 3.05) is 11.5 Å². The van der Waals surface area contributed by atoms with Crippen LogP contribution in [0.3, 0.4) is 0 Å². The van der Waals surface area contributed by atoms with Crippen LogP contribution in [0.1, 0.15) is 252 Å². The molecule has 0 aromatic heterocycles. The summed E-state index contributed by atoms with van der Waals surface area (Å²) in [5, 5.41) is 0. The average Bonchev–Trinajstić information content (AvgIpc) is 3.30. The Bertz CT molecular complexity index is 1540. The molecule has 0 spiro atoms. The molecule has 0 heterocycles. The van der Waals surface area contributed by atoms with Gasteiger partial charge in [0.2, 0.25) is 0 Å². The third kappa shape index (κ3) is 21.8. The molecule has 4 rings (SSSR count). The maximum Gasteiger partial charge on any atom is 0.0314 e. The fraction of sp³-hybridized carbons (Fsp3) is 0.607. The smallest absolute Gasteiger partial charge is 0.0314 e. The van der Waals surface area contributed by atoms with Crippen LogP contribution in [0.2, 0.25) is 0 Å². The molecule has 2 nitrogen and oxygen atoms in total. The quantitative estimate of drug-likeness (QED) is 0.0351. The van der Waals surface area contributed by atoms with Gasteiger partial charge in [-0.15, -0.1) is 0 Å². The maximum absolute atomic E-state index is 6.15. The van der Waals surface area contributed by atoms with Gasteiger partial charge in [-0.3, -0.25) is 0 Å². The molecular formula is C61H94N2. The molecule has 0 aliphatic heterocycles. The van der Waals surface area contributed by atoms with Crippen LogP contribution < -0.4 is 11.5 Å². The molecule has 0 saturated heterocycles. The zero-order chi connectivity index (χ0) is 44.6. The minimum atomic E-state index is 0.424.